The number of hydrogen-bond acceptors (Lipinski definition) is 8. The molecule has 1 aromatic rings. The molecule has 2 fully saturated rings. The van der Waals surface area contributed by atoms with Crippen LogP contribution in [0.25, 0.3) is 0 Å². The van der Waals surface area contributed by atoms with Crippen LogP contribution in [0.3, 0.4) is 0 Å². The number of nitrogens with two attached hydrogens (primary N) is 1. The van der Waals surface area contributed by atoms with E-state index in [0.29, 0.717) is 23.6 Å². The minimum Gasteiger partial charge on any atom is -0.378 e. The highest BCUT2D eigenvalue weighted by Gasteiger charge is 2.32. The van der Waals surface area contributed by atoms with Crippen molar-refractivity contribution in [2.45, 2.75) is 20.3 Å². The second-order valence-corrected chi connectivity index (χ2v) is 7.48. The van der Waals surface area contributed by atoms with Gasteiger partial charge in [0.25, 0.3) is 0 Å². The van der Waals surface area contributed by atoms with Gasteiger partial charge in [-0.05, 0) is 25.3 Å². The molecule has 0 unspecified atom stereocenters. The SMILES string of the molecule is C[C@@H]1C[C@@H](C)CN(c2nc(N3CCN(C)CC3)nc(N)c2[N+](=O)[O-])C1. The van der Waals surface area contributed by atoms with Gasteiger partial charge in [0.05, 0.1) is 4.92 Å². The maximum absolute atomic E-state index is 11.6. The maximum atomic E-state index is 11.6. The molecule has 3 heterocycles. The lowest BCUT2D eigenvalue weighted by Crippen LogP contribution is -2.45. The first-order chi connectivity index (χ1) is 11.8. The van der Waals surface area contributed by atoms with E-state index < -0.39 is 4.92 Å². The van der Waals surface area contributed by atoms with Crippen LogP contribution in [-0.2, 0) is 0 Å². The lowest BCUT2D eigenvalue weighted by molar-refractivity contribution is -0.383. The number of piperidine rings is 1. The highest BCUT2D eigenvalue weighted by Crippen LogP contribution is 2.36. The number of nitrogens with zero attached hydrogens (tertiary/aromatic N) is 6. The van der Waals surface area contributed by atoms with E-state index in [1.54, 1.807) is 0 Å². The molecule has 0 bridgehead atoms. The molecule has 0 radical (unpaired) electrons. The Kier molecular flexibility index (Phi) is 4.94. The predicted molar refractivity (Wildman–Crippen MR) is 98.0 cm³/mol. The van der Waals surface area contributed by atoms with E-state index in [-0.39, 0.29) is 11.5 Å². The molecule has 9 heteroatoms. The second kappa shape index (κ2) is 6.99. The molecule has 2 aliphatic heterocycles. The lowest BCUT2D eigenvalue weighted by atomic mass is 9.92. The zero-order chi connectivity index (χ0) is 18.1. The van der Waals surface area contributed by atoms with Crippen LogP contribution in [0.4, 0.5) is 23.3 Å². The summed E-state index contributed by atoms with van der Waals surface area (Å²) in [5.41, 5.74) is 5.81. The van der Waals surface area contributed by atoms with Crippen molar-refractivity contribution < 1.29 is 4.92 Å². The summed E-state index contributed by atoms with van der Waals surface area (Å²) in [6.45, 7) is 9.25. The van der Waals surface area contributed by atoms with Crippen LogP contribution >= 0.6 is 0 Å². The summed E-state index contributed by atoms with van der Waals surface area (Å²) in [6, 6.07) is 0. The van der Waals surface area contributed by atoms with E-state index in [1.165, 1.54) is 0 Å². The topological polar surface area (TPSA) is 105 Å². The third kappa shape index (κ3) is 3.76. The van der Waals surface area contributed by atoms with Crippen LogP contribution < -0.4 is 15.5 Å². The van der Waals surface area contributed by atoms with Crippen LogP contribution in [0.1, 0.15) is 20.3 Å². The van der Waals surface area contributed by atoms with E-state index in [9.17, 15) is 10.1 Å². The molecule has 1 aromatic heterocycles. The molecule has 0 aromatic carbocycles. The smallest absolute Gasteiger partial charge is 0.353 e. The van der Waals surface area contributed by atoms with Crippen molar-refractivity contribution in [3.05, 3.63) is 10.1 Å². The second-order valence-electron chi connectivity index (χ2n) is 7.48. The first kappa shape index (κ1) is 17.7. The van der Waals surface area contributed by atoms with Crippen LogP contribution in [0.15, 0.2) is 0 Å². The molecule has 2 N–H and O–H groups in total. The molecular weight excluding hydrogens is 322 g/mol. The summed E-state index contributed by atoms with van der Waals surface area (Å²) in [6.07, 6.45) is 1.12. The maximum Gasteiger partial charge on any atom is 0.353 e. The summed E-state index contributed by atoms with van der Waals surface area (Å²) in [4.78, 5) is 26.3. The number of aromatic nitrogens is 2. The Balaban J connectivity index is 1.97. The Morgan fingerprint density at radius 3 is 2.24 bits per heavy atom. The van der Waals surface area contributed by atoms with Crippen molar-refractivity contribution in [3.63, 3.8) is 0 Å². The molecule has 2 saturated heterocycles. The van der Waals surface area contributed by atoms with Crippen molar-refractivity contribution in [1.82, 2.24) is 14.9 Å². The molecule has 25 heavy (non-hydrogen) atoms. The number of piperazine rings is 1. The van der Waals surface area contributed by atoms with Gasteiger partial charge in [-0.1, -0.05) is 13.8 Å². The van der Waals surface area contributed by atoms with Crippen LogP contribution in [-0.4, -0.2) is 66.1 Å². The number of hydrogen-bond donors (Lipinski definition) is 1. The molecule has 0 spiro atoms. The summed E-state index contributed by atoms with van der Waals surface area (Å²) in [7, 11) is 2.07. The number of rotatable bonds is 3. The molecule has 9 nitrogen and oxygen atoms in total. The lowest BCUT2D eigenvalue weighted by Gasteiger charge is -2.36. The fourth-order valence-corrected chi connectivity index (χ4v) is 3.83. The van der Waals surface area contributed by atoms with Crippen LogP contribution in [0, 0.1) is 22.0 Å². The highest BCUT2D eigenvalue weighted by atomic mass is 16.6. The van der Waals surface area contributed by atoms with Gasteiger partial charge in [-0.15, -0.1) is 0 Å². The van der Waals surface area contributed by atoms with Crippen molar-refractivity contribution in [1.29, 1.82) is 0 Å². The minimum atomic E-state index is -0.456. The molecule has 2 atom stereocenters. The van der Waals surface area contributed by atoms with Crippen molar-refractivity contribution in [2.75, 3.05) is 61.8 Å². The summed E-state index contributed by atoms with van der Waals surface area (Å²) in [5, 5.41) is 11.6. The van der Waals surface area contributed by atoms with E-state index in [4.69, 9.17) is 5.73 Å². The Hall–Kier alpha value is -2.16. The van der Waals surface area contributed by atoms with Gasteiger partial charge in [0.2, 0.25) is 17.6 Å². The third-order valence-electron chi connectivity index (χ3n) is 5.02. The molecule has 2 aliphatic rings. The standard InChI is InChI=1S/C16H27N7O2/c1-11-8-12(2)10-22(9-11)15-13(23(24)25)14(17)18-16(19-15)21-6-4-20(3)5-7-21/h11-12H,4-10H2,1-3H3,(H2,17,18,19)/t11-,12-/m1/s1. The zero-order valence-electron chi connectivity index (χ0n) is 15.2. The molecular formula is C16H27N7O2. The van der Waals surface area contributed by atoms with Gasteiger partial charge < -0.3 is 20.4 Å². The Labute approximate surface area is 148 Å². The first-order valence-corrected chi connectivity index (χ1v) is 8.85. The summed E-state index contributed by atoms with van der Waals surface area (Å²) < 4.78 is 0. The van der Waals surface area contributed by atoms with Crippen LogP contribution in [0.2, 0.25) is 0 Å². The Bertz CT molecular complexity index is 636. The molecule has 138 valence electrons. The van der Waals surface area contributed by atoms with Gasteiger partial charge in [-0.25, -0.2) is 0 Å². The van der Waals surface area contributed by atoms with Gasteiger partial charge in [-0.3, -0.25) is 10.1 Å². The minimum absolute atomic E-state index is 0.0465. The molecule has 0 saturated carbocycles. The monoisotopic (exact) mass is 349 g/mol. The van der Waals surface area contributed by atoms with Crippen molar-refractivity contribution >= 4 is 23.3 Å². The molecule has 0 aliphatic carbocycles. The van der Waals surface area contributed by atoms with Gasteiger partial charge in [0.1, 0.15) is 0 Å². The van der Waals surface area contributed by atoms with Gasteiger partial charge in [0, 0.05) is 39.3 Å². The quantitative estimate of drug-likeness (QED) is 0.641. The number of likely N-dealkylation sites (N-methyl/N-ethyl adjacent to an activating group) is 1. The van der Waals surface area contributed by atoms with Crippen LogP contribution in [0.5, 0.6) is 0 Å². The van der Waals surface area contributed by atoms with Gasteiger partial charge >= 0.3 is 5.69 Å². The van der Waals surface area contributed by atoms with E-state index in [0.717, 1.165) is 45.7 Å². The highest BCUT2D eigenvalue weighted by molar-refractivity contribution is 5.71. The average molecular weight is 349 g/mol. The summed E-state index contributed by atoms with van der Waals surface area (Å²) in [5.74, 6) is 1.75. The fraction of sp³-hybridized carbons (Fsp3) is 0.750. The normalized spacial score (nSPS) is 25.2. The van der Waals surface area contributed by atoms with E-state index in [1.807, 2.05) is 4.90 Å². The van der Waals surface area contributed by atoms with E-state index in [2.05, 4.69) is 40.7 Å². The zero-order valence-corrected chi connectivity index (χ0v) is 15.2. The Morgan fingerprint density at radius 1 is 1.08 bits per heavy atom. The first-order valence-electron chi connectivity index (χ1n) is 8.85. The van der Waals surface area contributed by atoms with E-state index >= 15 is 0 Å². The number of nitrogen functional groups attached to an aromatic ring is 1. The third-order valence-corrected chi connectivity index (χ3v) is 5.02. The van der Waals surface area contributed by atoms with Crippen molar-refractivity contribution in [3.8, 4) is 0 Å². The predicted octanol–water partition coefficient (Wildman–Crippen LogP) is 1.20. The molecule has 3 rings (SSSR count). The fourth-order valence-electron chi connectivity index (χ4n) is 3.83. The Morgan fingerprint density at radius 2 is 1.68 bits per heavy atom. The van der Waals surface area contributed by atoms with Crippen molar-refractivity contribution in [2.24, 2.45) is 11.8 Å². The number of nitro groups is 1. The largest absolute Gasteiger partial charge is 0.378 e. The van der Waals surface area contributed by atoms with Gasteiger partial charge in [-0.2, -0.15) is 9.97 Å². The average Bonchev–Trinajstić information content (AvgIpc) is 2.53. The molecule has 0 amide bonds. The number of anilines is 3. The summed E-state index contributed by atoms with van der Waals surface area (Å²) >= 11 is 0. The van der Waals surface area contributed by atoms with Gasteiger partial charge in [0.15, 0.2) is 0 Å².